The quantitative estimate of drug-likeness (QED) is 0.398. The summed E-state index contributed by atoms with van der Waals surface area (Å²) in [6.07, 6.45) is 4.79. The van der Waals surface area contributed by atoms with Crippen LogP contribution in [0.25, 0.3) is 0 Å². The molecule has 8 heteroatoms. The number of nitrogens with two attached hydrogens (primary N) is 2. The van der Waals surface area contributed by atoms with E-state index >= 15 is 0 Å². The molecule has 0 aliphatic carbocycles. The van der Waals surface area contributed by atoms with Crippen molar-refractivity contribution in [2.75, 3.05) is 13.1 Å². The van der Waals surface area contributed by atoms with Gasteiger partial charge in [-0.1, -0.05) is 12.8 Å². The van der Waals surface area contributed by atoms with Crippen LogP contribution < -0.4 is 11.5 Å². The van der Waals surface area contributed by atoms with Crippen LogP contribution in [0.15, 0.2) is 0 Å². The van der Waals surface area contributed by atoms with Crippen LogP contribution in [0.2, 0.25) is 0 Å². The van der Waals surface area contributed by atoms with Crippen LogP contribution in [-0.4, -0.2) is 321 Å². The van der Waals surface area contributed by atoms with E-state index in [2.05, 4.69) is 0 Å². The molecule has 0 amide bonds. The van der Waals surface area contributed by atoms with Gasteiger partial charge >= 0.3 is 308 Å². The van der Waals surface area contributed by atoms with Crippen LogP contribution in [0, 0.1) is 0 Å². The van der Waals surface area contributed by atoms with Crippen LogP contribution in [-0.2, 0) is 0 Å². The van der Waals surface area contributed by atoms with Gasteiger partial charge in [-0.3, -0.25) is 0 Å². The third-order valence-corrected chi connectivity index (χ3v) is 1.16. The molecular formula is C6H22K6N2. The molecule has 4 N–H and O–H groups in total. The molecule has 0 aromatic carbocycles. The first kappa shape index (κ1) is 43.8. The summed E-state index contributed by atoms with van der Waals surface area (Å²) in [5.41, 5.74) is 10.6. The van der Waals surface area contributed by atoms with Gasteiger partial charge in [-0.2, -0.15) is 0 Å². The molecule has 0 saturated carbocycles. The van der Waals surface area contributed by atoms with Crippen molar-refractivity contribution in [2.45, 2.75) is 25.7 Å². The van der Waals surface area contributed by atoms with Crippen molar-refractivity contribution >= 4 is 308 Å². The maximum absolute atomic E-state index is 5.28. The van der Waals surface area contributed by atoms with Gasteiger partial charge in [0.1, 0.15) is 0 Å². The molecule has 0 bridgehead atoms. The molecule has 0 atom stereocenters. The summed E-state index contributed by atoms with van der Waals surface area (Å²) >= 11 is 0. The normalized spacial score (nSPS) is 5.57. The Bertz CT molecular complexity index is 45.3. The molecule has 0 aromatic heterocycles. The molecule has 0 fully saturated rings. The van der Waals surface area contributed by atoms with Gasteiger partial charge < -0.3 is 11.5 Å². The third kappa shape index (κ3) is 43.0. The molecule has 0 heterocycles. The SMILES string of the molecule is NCCCCCCN.[KH].[KH].[KH].[KH].[KH].[KH]. The van der Waals surface area contributed by atoms with E-state index in [0.717, 1.165) is 25.9 Å². The van der Waals surface area contributed by atoms with Gasteiger partial charge in [0, 0.05) is 0 Å². The first-order valence-corrected chi connectivity index (χ1v) is 3.32. The molecule has 0 saturated heterocycles. The van der Waals surface area contributed by atoms with Gasteiger partial charge in [0.05, 0.1) is 0 Å². The van der Waals surface area contributed by atoms with Crippen molar-refractivity contribution in [3.8, 4) is 0 Å². The van der Waals surface area contributed by atoms with Crippen molar-refractivity contribution < 1.29 is 0 Å². The second kappa shape index (κ2) is 43.4. The molecule has 14 heavy (non-hydrogen) atoms. The summed E-state index contributed by atoms with van der Waals surface area (Å²) in [5, 5.41) is 0. The molecule has 0 aliphatic heterocycles. The summed E-state index contributed by atoms with van der Waals surface area (Å²) < 4.78 is 0. The Balaban J connectivity index is -0.0000000163. The minimum atomic E-state index is 0. The summed E-state index contributed by atoms with van der Waals surface area (Å²) in [4.78, 5) is 0. The van der Waals surface area contributed by atoms with Crippen LogP contribution in [0.4, 0.5) is 0 Å². The van der Waals surface area contributed by atoms with Gasteiger partial charge in [-0.25, -0.2) is 0 Å². The zero-order chi connectivity index (χ0) is 6.24. The van der Waals surface area contributed by atoms with E-state index in [1.54, 1.807) is 0 Å². The molecule has 2 nitrogen and oxygen atoms in total. The van der Waals surface area contributed by atoms with Crippen LogP contribution in [0.1, 0.15) is 25.7 Å². The third-order valence-electron chi connectivity index (χ3n) is 1.16. The number of hydrogen-bond donors (Lipinski definition) is 2. The minimum absolute atomic E-state index is 0. The Labute approximate surface area is 345 Å². The van der Waals surface area contributed by atoms with Gasteiger partial charge in [0.2, 0.25) is 0 Å². The van der Waals surface area contributed by atoms with Crippen molar-refractivity contribution in [1.29, 1.82) is 0 Å². The Kier molecular flexibility index (Phi) is 136. The summed E-state index contributed by atoms with van der Waals surface area (Å²) in [7, 11) is 0. The molecule has 0 spiro atoms. The molecule has 0 radical (unpaired) electrons. The molecule has 0 rings (SSSR count). The molecule has 0 aliphatic rings. The van der Waals surface area contributed by atoms with Crippen molar-refractivity contribution in [3.05, 3.63) is 0 Å². The zero-order valence-electron chi connectivity index (χ0n) is 5.40. The van der Waals surface area contributed by atoms with E-state index < -0.39 is 0 Å². The van der Waals surface area contributed by atoms with Crippen molar-refractivity contribution in [1.82, 2.24) is 0 Å². The topological polar surface area (TPSA) is 52.0 Å². The molecular weight excluding hydrogens is 335 g/mol. The van der Waals surface area contributed by atoms with E-state index in [0.29, 0.717) is 0 Å². The van der Waals surface area contributed by atoms with E-state index in [-0.39, 0.29) is 308 Å². The van der Waals surface area contributed by atoms with E-state index in [9.17, 15) is 0 Å². The monoisotopic (exact) mass is 356 g/mol. The van der Waals surface area contributed by atoms with E-state index in [4.69, 9.17) is 11.5 Å². The summed E-state index contributed by atoms with van der Waals surface area (Å²) in [6, 6.07) is 0. The van der Waals surface area contributed by atoms with E-state index in [1.165, 1.54) is 12.8 Å². The molecule has 0 aromatic rings. The van der Waals surface area contributed by atoms with E-state index in [1.807, 2.05) is 0 Å². The Morgan fingerprint density at radius 2 is 0.643 bits per heavy atom. The fraction of sp³-hybridized carbons (Fsp3) is 1.00. The number of unbranched alkanes of at least 4 members (excludes halogenated alkanes) is 3. The fourth-order valence-electron chi connectivity index (χ4n) is 0.642. The van der Waals surface area contributed by atoms with Gasteiger partial charge in [-0.15, -0.1) is 0 Å². The molecule has 62 valence electrons. The first-order chi connectivity index (χ1) is 3.91. The number of rotatable bonds is 5. The second-order valence-corrected chi connectivity index (χ2v) is 1.99. The van der Waals surface area contributed by atoms with Crippen molar-refractivity contribution in [2.24, 2.45) is 11.5 Å². The van der Waals surface area contributed by atoms with Crippen LogP contribution in [0.5, 0.6) is 0 Å². The zero-order valence-corrected chi connectivity index (χ0v) is 5.40. The fourth-order valence-corrected chi connectivity index (χ4v) is 0.642. The first-order valence-electron chi connectivity index (χ1n) is 3.32. The molecule has 0 unspecified atom stereocenters. The average molecular weight is 357 g/mol. The van der Waals surface area contributed by atoms with Crippen molar-refractivity contribution in [3.63, 3.8) is 0 Å². The van der Waals surface area contributed by atoms with Crippen LogP contribution >= 0.6 is 0 Å². The number of hydrogen-bond acceptors (Lipinski definition) is 2. The van der Waals surface area contributed by atoms with Gasteiger partial charge in [-0.05, 0) is 25.9 Å². The predicted molar refractivity (Wildman–Crippen MR) is 79.5 cm³/mol. The van der Waals surface area contributed by atoms with Gasteiger partial charge in [0.25, 0.3) is 0 Å². The maximum atomic E-state index is 5.28. The van der Waals surface area contributed by atoms with Gasteiger partial charge in [0.15, 0.2) is 0 Å². The predicted octanol–water partition coefficient (Wildman–Crippen LogP) is -3.43. The Morgan fingerprint density at radius 1 is 0.429 bits per heavy atom. The van der Waals surface area contributed by atoms with Crippen LogP contribution in [0.3, 0.4) is 0 Å². The Morgan fingerprint density at radius 3 is 0.786 bits per heavy atom. The Hall–Kier alpha value is 9.74. The summed E-state index contributed by atoms with van der Waals surface area (Å²) in [5.74, 6) is 0. The average Bonchev–Trinajstić information content (AvgIpc) is 1.81. The standard InChI is InChI=1S/C6H16N2.6K.6H/c7-5-3-1-2-4-6-8;;;;;;;;;;;;/h1-8H2;;;;;;;;;;;;. The second-order valence-electron chi connectivity index (χ2n) is 1.99. The summed E-state index contributed by atoms with van der Waals surface area (Å²) in [6.45, 7) is 1.65.